The van der Waals surface area contributed by atoms with E-state index in [1.165, 1.54) is 12.8 Å². The minimum Gasteiger partial charge on any atom is -0.339 e. The molecule has 1 heterocycles. The van der Waals surface area contributed by atoms with E-state index in [0.29, 0.717) is 18.4 Å². The summed E-state index contributed by atoms with van der Waals surface area (Å²) in [6, 6.07) is 0.651. The molecule has 0 unspecified atom stereocenters. The Morgan fingerprint density at radius 3 is 2.88 bits per heavy atom. The van der Waals surface area contributed by atoms with Gasteiger partial charge in [-0.2, -0.15) is 4.98 Å². The zero-order valence-electron chi connectivity index (χ0n) is 9.14. The van der Waals surface area contributed by atoms with Crippen molar-refractivity contribution in [2.75, 3.05) is 12.8 Å². The van der Waals surface area contributed by atoms with E-state index in [1.54, 1.807) is 0 Å². The van der Waals surface area contributed by atoms with E-state index in [-0.39, 0.29) is 11.6 Å². The molecule has 90 valence electrons. The van der Waals surface area contributed by atoms with Crippen molar-refractivity contribution in [1.82, 2.24) is 15.5 Å². The van der Waals surface area contributed by atoms with Crippen molar-refractivity contribution >= 4 is 9.84 Å². The maximum atomic E-state index is 11.0. The van der Waals surface area contributed by atoms with Crippen molar-refractivity contribution < 1.29 is 12.9 Å². The summed E-state index contributed by atoms with van der Waals surface area (Å²) in [5.74, 6) is 0.572. The third kappa shape index (κ3) is 3.90. The van der Waals surface area contributed by atoms with Crippen LogP contribution in [0.4, 0.5) is 0 Å². The van der Waals surface area contributed by atoms with E-state index >= 15 is 0 Å². The van der Waals surface area contributed by atoms with Crippen molar-refractivity contribution in [3.05, 3.63) is 11.7 Å². The number of nitrogens with zero attached hydrogens (tertiary/aromatic N) is 2. The van der Waals surface area contributed by atoms with Gasteiger partial charge in [0.05, 0.1) is 0 Å². The van der Waals surface area contributed by atoms with Crippen LogP contribution in [0.25, 0.3) is 0 Å². The van der Waals surface area contributed by atoms with Gasteiger partial charge in [-0.05, 0) is 12.8 Å². The van der Waals surface area contributed by atoms with Crippen LogP contribution >= 0.6 is 0 Å². The van der Waals surface area contributed by atoms with Gasteiger partial charge in [0.1, 0.15) is 5.75 Å². The number of rotatable bonds is 6. The first kappa shape index (κ1) is 11.5. The molecule has 0 saturated heterocycles. The number of aromatic nitrogens is 2. The van der Waals surface area contributed by atoms with E-state index < -0.39 is 9.84 Å². The van der Waals surface area contributed by atoms with Crippen LogP contribution in [0.5, 0.6) is 0 Å². The summed E-state index contributed by atoms with van der Waals surface area (Å²) < 4.78 is 26.9. The van der Waals surface area contributed by atoms with Crippen molar-refractivity contribution in [3.63, 3.8) is 0 Å². The Morgan fingerprint density at radius 2 is 2.25 bits per heavy atom. The van der Waals surface area contributed by atoms with E-state index in [2.05, 4.69) is 15.5 Å². The Bertz CT molecular complexity index is 450. The summed E-state index contributed by atoms with van der Waals surface area (Å²) >= 11 is 0. The van der Waals surface area contributed by atoms with Crippen molar-refractivity contribution in [2.45, 2.75) is 31.1 Å². The summed E-state index contributed by atoms with van der Waals surface area (Å²) in [7, 11) is -3.09. The molecule has 0 bridgehead atoms. The second kappa shape index (κ2) is 4.50. The summed E-state index contributed by atoms with van der Waals surface area (Å²) in [4.78, 5) is 4.02. The molecule has 1 aliphatic rings. The Morgan fingerprint density at radius 1 is 1.50 bits per heavy atom. The number of nitrogens with one attached hydrogen (secondary N) is 1. The second-order valence-corrected chi connectivity index (χ2v) is 6.29. The number of sulfone groups is 1. The molecular formula is C9H15N3O3S. The molecule has 1 aromatic rings. The van der Waals surface area contributed by atoms with Crippen LogP contribution in [0.1, 0.15) is 24.6 Å². The van der Waals surface area contributed by atoms with Crippen molar-refractivity contribution in [1.29, 1.82) is 0 Å². The summed E-state index contributed by atoms with van der Waals surface area (Å²) in [5.41, 5.74) is 0. The quantitative estimate of drug-likeness (QED) is 0.754. The van der Waals surface area contributed by atoms with Crippen LogP contribution in [0.15, 0.2) is 4.52 Å². The van der Waals surface area contributed by atoms with Gasteiger partial charge < -0.3 is 9.84 Å². The zero-order chi connectivity index (χ0) is 11.6. The molecule has 0 aromatic carbocycles. The SMILES string of the molecule is CS(=O)(=O)Cc1noc(CCNC2CC2)n1. The average Bonchev–Trinajstić information content (AvgIpc) is 2.86. The highest BCUT2D eigenvalue weighted by atomic mass is 32.2. The average molecular weight is 245 g/mol. The Labute approximate surface area is 94.3 Å². The molecule has 1 aliphatic carbocycles. The zero-order valence-corrected chi connectivity index (χ0v) is 9.96. The molecule has 1 aromatic heterocycles. The van der Waals surface area contributed by atoms with Gasteiger partial charge in [-0.3, -0.25) is 0 Å². The van der Waals surface area contributed by atoms with Gasteiger partial charge in [0.25, 0.3) is 0 Å². The normalized spacial score (nSPS) is 16.6. The molecule has 6 nitrogen and oxygen atoms in total. The summed E-state index contributed by atoms with van der Waals surface area (Å²) in [6.45, 7) is 0.797. The van der Waals surface area contributed by atoms with Gasteiger partial charge in [0, 0.05) is 25.3 Å². The molecule has 1 fully saturated rings. The lowest BCUT2D eigenvalue weighted by Gasteiger charge is -1.97. The first-order valence-electron chi connectivity index (χ1n) is 5.25. The van der Waals surface area contributed by atoms with E-state index in [1.807, 2.05) is 0 Å². The maximum Gasteiger partial charge on any atom is 0.227 e. The molecule has 7 heteroatoms. The largest absolute Gasteiger partial charge is 0.339 e. The van der Waals surface area contributed by atoms with Crippen LogP contribution in [0, 0.1) is 0 Å². The summed E-state index contributed by atoms with van der Waals surface area (Å²) in [5, 5.41) is 6.94. The van der Waals surface area contributed by atoms with Crippen LogP contribution in [-0.2, 0) is 22.0 Å². The molecule has 0 aliphatic heterocycles. The van der Waals surface area contributed by atoms with Crippen molar-refractivity contribution in [3.8, 4) is 0 Å². The molecule has 0 amide bonds. The smallest absolute Gasteiger partial charge is 0.227 e. The Balaban J connectivity index is 1.81. The fourth-order valence-electron chi connectivity index (χ4n) is 1.36. The fraction of sp³-hybridized carbons (Fsp3) is 0.778. The predicted molar refractivity (Wildman–Crippen MR) is 57.6 cm³/mol. The summed E-state index contributed by atoms with van der Waals surface area (Å²) in [6.07, 6.45) is 4.28. The fourth-order valence-corrected chi connectivity index (χ4v) is 1.94. The number of hydrogen-bond acceptors (Lipinski definition) is 6. The highest BCUT2D eigenvalue weighted by Crippen LogP contribution is 2.18. The predicted octanol–water partition coefficient (Wildman–Crippen LogP) is -0.0913. The van der Waals surface area contributed by atoms with Gasteiger partial charge in [-0.1, -0.05) is 5.16 Å². The first-order chi connectivity index (χ1) is 7.53. The lowest BCUT2D eigenvalue weighted by molar-refractivity contribution is 0.371. The number of hydrogen-bond donors (Lipinski definition) is 1. The molecule has 0 radical (unpaired) electrons. The third-order valence-electron chi connectivity index (χ3n) is 2.25. The van der Waals surface area contributed by atoms with Gasteiger partial charge in [-0.15, -0.1) is 0 Å². The van der Waals surface area contributed by atoms with Crippen LogP contribution in [0.3, 0.4) is 0 Å². The van der Waals surface area contributed by atoms with Gasteiger partial charge in [0.15, 0.2) is 15.7 Å². The second-order valence-electron chi connectivity index (χ2n) is 4.15. The Kier molecular flexibility index (Phi) is 3.25. The monoisotopic (exact) mass is 245 g/mol. The standard InChI is InChI=1S/C9H15N3O3S/c1-16(13,14)6-8-11-9(15-12-8)4-5-10-7-2-3-7/h7,10H,2-6H2,1H3. The van der Waals surface area contributed by atoms with Crippen LogP contribution in [0.2, 0.25) is 0 Å². The van der Waals surface area contributed by atoms with Gasteiger partial charge in [0.2, 0.25) is 5.89 Å². The topological polar surface area (TPSA) is 85.1 Å². The van der Waals surface area contributed by atoms with E-state index in [9.17, 15) is 8.42 Å². The Hall–Kier alpha value is -0.950. The lowest BCUT2D eigenvalue weighted by Crippen LogP contribution is -2.19. The first-order valence-corrected chi connectivity index (χ1v) is 7.31. The van der Waals surface area contributed by atoms with Crippen LogP contribution < -0.4 is 5.32 Å². The van der Waals surface area contributed by atoms with Gasteiger partial charge in [-0.25, -0.2) is 8.42 Å². The van der Waals surface area contributed by atoms with Crippen molar-refractivity contribution in [2.24, 2.45) is 0 Å². The maximum absolute atomic E-state index is 11.0. The van der Waals surface area contributed by atoms with E-state index in [4.69, 9.17) is 4.52 Å². The molecule has 1 N–H and O–H groups in total. The third-order valence-corrected chi connectivity index (χ3v) is 3.03. The molecule has 0 atom stereocenters. The molecular weight excluding hydrogens is 230 g/mol. The lowest BCUT2D eigenvalue weighted by atomic mass is 10.4. The van der Waals surface area contributed by atoms with Gasteiger partial charge >= 0.3 is 0 Å². The minimum absolute atomic E-state index is 0.160. The molecule has 16 heavy (non-hydrogen) atoms. The molecule has 2 rings (SSSR count). The molecule has 0 spiro atoms. The van der Waals surface area contributed by atoms with Crippen LogP contribution in [-0.4, -0.2) is 37.4 Å². The minimum atomic E-state index is -3.09. The molecule has 1 saturated carbocycles. The highest BCUT2D eigenvalue weighted by Gasteiger charge is 2.20. The highest BCUT2D eigenvalue weighted by molar-refractivity contribution is 7.89. The van der Waals surface area contributed by atoms with E-state index in [0.717, 1.165) is 12.8 Å².